The molecule has 0 radical (unpaired) electrons. The number of hydrogen-bond acceptors (Lipinski definition) is 3. The highest BCUT2D eigenvalue weighted by atomic mass is 16.5. The Labute approximate surface area is 152 Å². The molecule has 4 nitrogen and oxygen atoms in total. The van der Waals surface area contributed by atoms with Crippen molar-refractivity contribution >= 4 is 5.91 Å². The second-order valence-electron chi connectivity index (χ2n) is 6.84. The van der Waals surface area contributed by atoms with Crippen molar-refractivity contribution in [2.75, 3.05) is 20.2 Å². The average molecular weight is 344 g/mol. The number of benzene rings is 1. The monoisotopic (exact) mass is 344 g/mol. The molecule has 1 aromatic carbocycles. The molecule has 0 saturated carbocycles. The summed E-state index contributed by atoms with van der Waals surface area (Å²) < 4.78 is 5.96. The van der Waals surface area contributed by atoms with Gasteiger partial charge in [-0.1, -0.05) is 54.8 Å². The van der Waals surface area contributed by atoms with Crippen LogP contribution in [0.1, 0.15) is 44.6 Å². The second kappa shape index (κ2) is 11.1. The van der Waals surface area contributed by atoms with Crippen molar-refractivity contribution in [1.82, 2.24) is 10.6 Å². The molecule has 0 spiro atoms. The van der Waals surface area contributed by atoms with Crippen molar-refractivity contribution < 1.29 is 9.53 Å². The largest absolute Gasteiger partial charge is 0.372 e. The van der Waals surface area contributed by atoms with Crippen molar-refractivity contribution in [1.29, 1.82) is 0 Å². The molecule has 0 fully saturated rings. The van der Waals surface area contributed by atoms with Crippen LogP contribution in [-0.4, -0.2) is 38.3 Å². The molecule has 4 heteroatoms. The number of allylic oxidation sites excluding steroid dienone is 1. The number of hydrogen-bond donors (Lipinski definition) is 2. The Bertz CT molecular complexity index is 542. The van der Waals surface area contributed by atoms with Gasteiger partial charge in [0.15, 0.2) is 0 Å². The number of carbonyl (C=O) groups is 1. The molecule has 138 valence electrons. The van der Waals surface area contributed by atoms with Gasteiger partial charge in [0.1, 0.15) is 0 Å². The number of amides is 1. The Hall–Kier alpha value is -1.65. The lowest BCUT2D eigenvalue weighted by molar-refractivity contribution is -0.123. The highest BCUT2D eigenvalue weighted by Crippen LogP contribution is 2.18. The maximum absolute atomic E-state index is 12.3. The quantitative estimate of drug-likeness (QED) is 0.562. The second-order valence-corrected chi connectivity index (χ2v) is 6.84. The molecule has 2 rings (SSSR count). The van der Waals surface area contributed by atoms with Gasteiger partial charge in [-0.2, -0.15) is 0 Å². The van der Waals surface area contributed by atoms with Gasteiger partial charge in [0, 0.05) is 6.54 Å². The summed E-state index contributed by atoms with van der Waals surface area (Å²) in [6.45, 7) is 3.29. The summed E-state index contributed by atoms with van der Waals surface area (Å²) in [6.07, 6.45) is 9.20. The van der Waals surface area contributed by atoms with Gasteiger partial charge in [0.25, 0.3) is 0 Å². The summed E-state index contributed by atoms with van der Waals surface area (Å²) in [6, 6.07) is 9.86. The molecule has 0 aromatic heterocycles. The summed E-state index contributed by atoms with van der Waals surface area (Å²) in [5.41, 5.74) is 2.58. The van der Waals surface area contributed by atoms with Crippen LogP contribution < -0.4 is 10.6 Å². The van der Waals surface area contributed by atoms with Crippen LogP contribution in [0.4, 0.5) is 0 Å². The molecule has 1 unspecified atom stereocenters. The van der Waals surface area contributed by atoms with Crippen LogP contribution in [0.15, 0.2) is 42.0 Å². The third kappa shape index (κ3) is 7.41. The van der Waals surface area contributed by atoms with E-state index in [1.165, 1.54) is 31.3 Å². The Morgan fingerprint density at radius 3 is 2.80 bits per heavy atom. The fourth-order valence-electron chi connectivity index (χ4n) is 3.22. The van der Waals surface area contributed by atoms with Gasteiger partial charge in [-0.05, 0) is 45.2 Å². The molecule has 0 saturated heterocycles. The van der Waals surface area contributed by atoms with Crippen LogP contribution >= 0.6 is 0 Å². The van der Waals surface area contributed by atoms with Crippen molar-refractivity contribution in [3.8, 4) is 0 Å². The van der Waals surface area contributed by atoms with Gasteiger partial charge >= 0.3 is 0 Å². The maximum atomic E-state index is 12.3. The molecule has 1 aromatic rings. The lowest BCUT2D eigenvalue weighted by Gasteiger charge is -2.19. The van der Waals surface area contributed by atoms with E-state index in [1.54, 1.807) is 0 Å². The maximum Gasteiger partial charge on any atom is 0.237 e. The van der Waals surface area contributed by atoms with E-state index in [2.05, 4.69) is 23.6 Å². The average Bonchev–Trinajstić information content (AvgIpc) is 2.61. The number of carbonyl (C=O) groups excluding carboxylic acids is 1. The number of likely N-dealkylation sites (N-methyl/N-ethyl adjacent to an activating group) is 1. The zero-order valence-electron chi connectivity index (χ0n) is 15.6. The molecular weight excluding hydrogens is 312 g/mol. The van der Waals surface area contributed by atoms with E-state index in [0.29, 0.717) is 19.6 Å². The first-order valence-electron chi connectivity index (χ1n) is 9.47. The Morgan fingerprint density at radius 2 is 2.04 bits per heavy atom. The zero-order valence-corrected chi connectivity index (χ0v) is 15.6. The van der Waals surface area contributed by atoms with Gasteiger partial charge in [-0.15, -0.1) is 0 Å². The Balaban J connectivity index is 1.71. The number of ether oxygens (including phenoxy) is 1. The first-order valence-corrected chi connectivity index (χ1v) is 9.47. The van der Waals surface area contributed by atoms with Crippen LogP contribution in [-0.2, 0) is 16.0 Å². The first-order chi connectivity index (χ1) is 12.2. The van der Waals surface area contributed by atoms with Gasteiger partial charge in [-0.3, -0.25) is 4.79 Å². The third-order valence-corrected chi connectivity index (χ3v) is 4.71. The zero-order chi connectivity index (χ0) is 17.9. The fraction of sp³-hybridized carbons (Fsp3) is 0.571. The van der Waals surface area contributed by atoms with Gasteiger partial charge in [0.05, 0.1) is 18.8 Å². The molecule has 1 aliphatic carbocycles. The highest BCUT2D eigenvalue weighted by molar-refractivity contribution is 5.82. The molecule has 0 aliphatic heterocycles. The van der Waals surface area contributed by atoms with Gasteiger partial charge in [-0.25, -0.2) is 0 Å². The minimum Gasteiger partial charge on any atom is -0.372 e. The molecule has 1 aliphatic rings. The van der Waals surface area contributed by atoms with E-state index < -0.39 is 0 Å². The molecule has 25 heavy (non-hydrogen) atoms. The van der Waals surface area contributed by atoms with E-state index in [4.69, 9.17) is 4.74 Å². The normalized spacial score (nSPS) is 21.5. The Kier molecular flexibility index (Phi) is 8.70. The predicted molar refractivity (Wildman–Crippen MR) is 103 cm³/mol. The smallest absolute Gasteiger partial charge is 0.237 e. The summed E-state index contributed by atoms with van der Waals surface area (Å²) in [5.74, 6) is 0.0272. The molecular formula is C21H32N2O2. The Morgan fingerprint density at radius 1 is 1.24 bits per heavy atom. The minimum atomic E-state index is -0.217. The molecule has 1 amide bonds. The standard InChI is InChI=1S/C21H32N2O2/c1-17-9-5-3-8-12-19(15-17)25-14-13-23-21(24)20(22-2)16-18-10-6-4-7-11-18/h4,6-7,10-11,15,19-20,22H,3,5,8-9,12-14,16H2,1-2H3,(H,23,24)/b17-15-/t19?,20-/m0/s1. The van der Waals surface area contributed by atoms with Crippen LogP contribution in [0.3, 0.4) is 0 Å². The van der Waals surface area contributed by atoms with Gasteiger partial charge < -0.3 is 15.4 Å². The predicted octanol–water partition coefficient (Wildman–Crippen LogP) is 3.23. The van der Waals surface area contributed by atoms with E-state index in [0.717, 1.165) is 12.0 Å². The number of nitrogens with one attached hydrogen (secondary N) is 2. The topological polar surface area (TPSA) is 50.4 Å². The van der Waals surface area contributed by atoms with Crippen molar-refractivity contribution in [3.05, 3.63) is 47.5 Å². The summed E-state index contributed by atoms with van der Waals surface area (Å²) >= 11 is 0. The van der Waals surface area contributed by atoms with Crippen LogP contribution in [0, 0.1) is 0 Å². The van der Waals surface area contributed by atoms with Crippen LogP contribution in [0.5, 0.6) is 0 Å². The summed E-state index contributed by atoms with van der Waals surface area (Å²) in [4.78, 5) is 12.3. The molecule has 0 bridgehead atoms. The first kappa shape index (κ1) is 19.7. The molecule has 0 heterocycles. The van der Waals surface area contributed by atoms with E-state index in [1.807, 2.05) is 37.4 Å². The molecule has 2 N–H and O–H groups in total. The lowest BCUT2D eigenvalue weighted by Crippen LogP contribution is -2.45. The van der Waals surface area contributed by atoms with E-state index in [9.17, 15) is 4.79 Å². The summed E-state index contributed by atoms with van der Waals surface area (Å²) in [7, 11) is 1.83. The van der Waals surface area contributed by atoms with E-state index >= 15 is 0 Å². The third-order valence-electron chi connectivity index (χ3n) is 4.71. The van der Waals surface area contributed by atoms with Crippen molar-refractivity contribution in [2.24, 2.45) is 0 Å². The van der Waals surface area contributed by atoms with Crippen LogP contribution in [0.2, 0.25) is 0 Å². The SMILES string of the molecule is CN[C@@H](Cc1ccccc1)C(=O)NCCOC1/C=C(/C)CCCCC1. The lowest BCUT2D eigenvalue weighted by atomic mass is 9.99. The van der Waals surface area contributed by atoms with E-state index in [-0.39, 0.29) is 18.1 Å². The van der Waals surface area contributed by atoms with Gasteiger partial charge in [0.2, 0.25) is 5.91 Å². The fourth-order valence-corrected chi connectivity index (χ4v) is 3.22. The van der Waals surface area contributed by atoms with Crippen molar-refractivity contribution in [2.45, 2.75) is 57.6 Å². The highest BCUT2D eigenvalue weighted by Gasteiger charge is 2.16. The van der Waals surface area contributed by atoms with Crippen LogP contribution in [0.25, 0.3) is 0 Å². The number of rotatable bonds is 8. The van der Waals surface area contributed by atoms with Crippen molar-refractivity contribution in [3.63, 3.8) is 0 Å². The summed E-state index contributed by atoms with van der Waals surface area (Å²) in [5, 5.41) is 6.08. The molecule has 2 atom stereocenters. The minimum absolute atomic E-state index is 0.0272.